The Bertz CT molecular complexity index is 1150. The van der Waals surface area contributed by atoms with Gasteiger partial charge in [0.2, 0.25) is 0 Å². The number of alkyl halides is 2. The first-order valence-electron chi connectivity index (χ1n) is 9.42. The zero-order valence-corrected chi connectivity index (χ0v) is 19.4. The molecule has 0 aromatic heterocycles. The molecule has 6 nitrogen and oxygen atoms in total. The second-order valence-corrected chi connectivity index (χ2v) is 9.56. The summed E-state index contributed by atoms with van der Waals surface area (Å²) < 4.78 is 45.6. The van der Waals surface area contributed by atoms with Crippen molar-refractivity contribution < 1.29 is 33.0 Å². The maximum absolute atomic E-state index is 14.1. The average Bonchev–Trinajstić information content (AvgIpc) is 2.74. The summed E-state index contributed by atoms with van der Waals surface area (Å²) in [5.74, 6) is -0.287. The Labute approximate surface area is 192 Å². The van der Waals surface area contributed by atoms with Crippen LogP contribution < -0.4 is 9.64 Å². The van der Waals surface area contributed by atoms with Crippen molar-refractivity contribution in [3.05, 3.63) is 87.9 Å². The molecule has 0 atom stereocenters. The van der Waals surface area contributed by atoms with Gasteiger partial charge in [0.1, 0.15) is 11.5 Å². The summed E-state index contributed by atoms with van der Waals surface area (Å²) in [5.41, 5.74) is -3.44. The number of hydrogen-bond donors (Lipinski definition) is 3. The summed E-state index contributed by atoms with van der Waals surface area (Å²) in [7, 11) is -4.25. The molecule has 0 bridgehead atoms. The van der Waals surface area contributed by atoms with Crippen molar-refractivity contribution in [2.45, 2.75) is 18.8 Å². The van der Waals surface area contributed by atoms with E-state index in [0.717, 1.165) is 27.9 Å². The maximum Gasteiger partial charge on any atom is 0.399 e. The van der Waals surface area contributed by atoms with Crippen LogP contribution in [0.4, 0.5) is 14.5 Å². The Balaban J connectivity index is 1.99. The lowest BCUT2D eigenvalue weighted by Gasteiger charge is -2.28. The van der Waals surface area contributed by atoms with Crippen LogP contribution in [0.15, 0.2) is 71.2 Å². The van der Waals surface area contributed by atoms with Crippen molar-refractivity contribution >= 4 is 29.2 Å². The minimum absolute atomic E-state index is 0.205. The van der Waals surface area contributed by atoms with Gasteiger partial charge in [0.05, 0.1) is 18.4 Å². The average molecular weight is 528 g/mol. The van der Waals surface area contributed by atoms with Crippen LogP contribution in [0.2, 0.25) is 0 Å². The fourth-order valence-electron chi connectivity index (χ4n) is 3.26. The van der Waals surface area contributed by atoms with Gasteiger partial charge in [0, 0.05) is 17.6 Å². The van der Waals surface area contributed by atoms with E-state index in [1.54, 1.807) is 13.2 Å². The number of nitrogens with zero attached hydrogens (tertiary/aromatic N) is 1. The lowest BCUT2D eigenvalue weighted by molar-refractivity contribution is 0.0539. The van der Waals surface area contributed by atoms with E-state index < -0.39 is 24.6 Å². The molecule has 0 unspecified atom stereocenters. The highest BCUT2D eigenvalue weighted by atomic mass is 79.9. The van der Waals surface area contributed by atoms with Crippen LogP contribution in [0.1, 0.15) is 16.7 Å². The van der Waals surface area contributed by atoms with Gasteiger partial charge in [-0.05, 0) is 41.5 Å². The number of para-hydroxylation sites is 2. The number of anilines is 1. The van der Waals surface area contributed by atoms with Gasteiger partial charge >= 0.3 is 13.3 Å². The van der Waals surface area contributed by atoms with Gasteiger partial charge in [-0.3, -0.25) is 4.57 Å². The highest BCUT2D eigenvalue weighted by Crippen LogP contribution is 2.60. The van der Waals surface area contributed by atoms with Crippen molar-refractivity contribution in [1.29, 1.82) is 0 Å². The third-order valence-electron chi connectivity index (χ3n) is 4.87. The number of ether oxygens (including phenoxy) is 1. The first kappa shape index (κ1) is 24.2. The molecule has 0 saturated heterocycles. The molecular formula is C22H21BrF2NO5P. The Morgan fingerprint density at radius 1 is 1.03 bits per heavy atom. The molecule has 3 rings (SSSR count). The lowest BCUT2D eigenvalue weighted by Crippen LogP contribution is -2.23. The molecule has 0 amide bonds. The second kappa shape index (κ2) is 9.58. The van der Waals surface area contributed by atoms with Crippen molar-refractivity contribution in [1.82, 2.24) is 0 Å². The quantitative estimate of drug-likeness (QED) is 0.330. The van der Waals surface area contributed by atoms with E-state index in [0.29, 0.717) is 17.9 Å². The topological polar surface area (TPSA) is 90.2 Å². The van der Waals surface area contributed by atoms with Gasteiger partial charge < -0.3 is 24.5 Å². The van der Waals surface area contributed by atoms with Gasteiger partial charge in [0.15, 0.2) is 0 Å². The number of hydrogen-bond acceptors (Lipinski definition) is 4. The van der Waals surface area contributed by atoms with Crippen molar-refractivity contribution in [3.8, 4) is 11.5 Å². The summed E-state index contributed by atoms with van der Waals surface area (Å²) in [5, 5.41) is 10.1. The fraction of sp³-hybridized carbons (Fsp3) is 0.182. The second-order valence-electron chi connectivity index (χ2n) is 7.06. The molecule has 170 valence electrons. The molecule has 3 aromatic rings. The fourth-order valence-corrected chi connectivity index (χ4v) is 4.17. The standard InChI is InChI=1S/C22H21BrF2NO5P/c1-31-21-9-5-4-8-19(21)26(14-16-6-2-3-7-18(16)23)13-15-10-11-17(20(27)12-15)22(24,25)32(28,29)30/h2-12,27H,13-14H2,1H3,(H2,28,29,30). The van der Waals surface area contributed by atoms with E-state index in [1.165, 1.54) is 6.07 Å². The first-order valence-corrected chi connectivity index (χ1v) is 11.8. The zero-order chi connectivity index (χ0) is 23.5. The Morgan fingerprint density at radius 3 is 2.31 bits per heavy atom. The highest BCUT2D eigenvalue weighted by Gasteiger charge is 2.52. The zero-order valence-electron chi connectivity index (χ0n) is 17.0. The van der Waals surface area contributed by atoms with Gasteiger partial charge in [-0.1, -0.05) is 52.3 Å². The third-order valence-corrected chi connectivity index (χ3v) is 6.62. The summed E-state index contributed by atoms with van der Waals surface area (Å²) in [6, 6.07) is 18.2. The molecule has 0 aliphatic rings. The Kier molecular flexibility index (Phi) is 7.25. The molecule has 10 heteroatoms. The molecule has 0 spiro atoms. The summed E-state index contributed by atoms with van der Waals surface area (Å²) in [6.45, 7) is 0.639. The molecule has 3 aromatic carbocycles. The number of phenols is 1. The van der Waals surface area contributed by atoms with Gasteiger partial charge in [-0.25, -0.2) is 0 Å². The van der Waals surface area contributed by atoms with Crippen LogP contribution in [0.5, 0.6) is 11.5 Å². The largest absolute Gasteiger partial charge is 0.507 e. The van der Waals surface area contributed by atoms with Gasteiger partial charge in [0.25, 0.3) is 0 Å². The van der Waals surface area contributed by atoms with E-state index in [1.807, 2.05) is 47.4 Å². The number of phenolic OH excluding ortho intramolecular Hbond substituents is 1. The number of benzene rings is 3. The molecule has 0 fully saturated rings. The molecule has 0 saturated carbocycles. The number of methoxy groups -OCH3 is 1. The number of aromatic hydroxyl groups is 1. The molecule has 0 radical (unpaired) electrons. The normalized spacial score (nSPS) is 11.9. The smallest absolute Gasteiger partial charge is 0.399 e. The lowest BCUT2D eigenvalue weighted by atomic mass is 10.1. The predicted molar refractivity (Wildman–Crippen MR) is 121 cm³/mol. The van der Waals surface area contributed by atoms with E-state index in [9.17, 15) is 18.5 Å². The minimum atomic E-state index is -5.80. The summed E-state index contributed by atoms with van der Waals surface area (Å²) in [6.07, 6.45) is 0. The molecule has 0 aliphatic heterocycles. The SMILES string of the molecule is COc1ccccc1N(Cc1ccc(C(F)(F)P(=O)(O)O)c(O)c1)Cc1ccccc1Br. The van der Waals surface area contributed by atoms with Crippen molar-refractivity contribution in [2.75, 3.05) is 12.0 Å². The van der Waals surface area contributed by atoms with E-state index in [4.69, 9.17) is 14.5 Å². The van der Waals surface area contributed by atoms with Crippen molar-refractivity contribution in [3.63, 3.8) is 0 Å². The Hall–Kier alpha value is -2.45. The minimum Gasteiger partial charge on any atom is -0.507 e. The van der Waals surface area contributed by atoms with Gasteiger partial charge in [-0.15, -0.1) is 0 Å². The van der Waals surface area contributed by atoms with E-state index in [-0.39, 0.29) is 6.54 Å². The van der Waals surface area contributed by atoms with Crippen LogP contribution >= 0.6 is 23.5 Å². The monoisotopic (exact) mass is 527 g/mol. The number of halogens is 3. The van der Waals surface area contributed by atoms with Crippen LogP contribution in [-0.4, -0.2) is 22.0 Å². The number of rotatable bonds is 8. The van der Waals surface area contributed by atoms with Gasteiger partial charge in [-0.2, -0.15) is 8.78 Å². The van der Waals surface area contributed by atoms with Crippen LogP contribution in [0, 0.1) is 0 Å². The van der Waals surface area contributed by atoms with Crippen LogP contribution in [-0.2, 0) is 23.3 Å². The molecule has 0 heterocycles. The third kappa shape index (κ3) is 5.13. The maximum atomic E-state index is 14.1. The highest BCUT2D eigenvalue weighted by molar-refractivity contribution is 9.10. The molecule has 32 heavy (non-hydrogen) atoms. The predicted octanol–water partition coefficient (Wildman–Crippen LogP) is 5.60. The molecule has 0 aliphatic carbocycles. The summed E-state index contributed by atoms with van der Waals surface area (Å²) in [4.78, 5) is 19.9. The molecule has 3 N–H and O–H groups in total. The Morgan fingerprint density at radius 2 is 1.69 bits per heavy atom. The van der Waals surface area contributed by atoms with Crippen LogP contribution in [0.25, 0.3) is 0 Å². The van der Waals surface area contributed by atoms with Crippen molar-refractivity contribution in [2.24, 2.45) is 0 Å². The summed E-state index contributed by atoms with van der Waals surface area (Å²) >= 11 is 3.52. The van der Waals surface area contributed by atoms with Crippen LogP contribution in [0.3, 0.4) is 0 Å². The first-order chi connectivity index (χ1) is 15.0. The molecular weight excluding hydrogens is 507 g/mol. The van der Waals surface area contributed by atoms with E-state index in [2.05, 4.69) is 15.9 Å². The van der Waals surface area contributed by atoms with E-state index >= 15 is 0 Å².